The number of benzene rings is 1. The van der Waals surface area contributed by atoms with Gasteiger partial charge in [-0.15, -0.1) is 0 Å². The van der Waals surface area contributed by atoms with Gasteiger partial charge < -0.3 is 4.85 Å². The third-order valence-corrected chi connectivity index (χ3v) is 1.52. The Kier molecular flexibility index (Phi) is 3.67. The highest BCUT2D eigenvalue weighted by Crippen LogP contribution is 2.01. The topological polar surface area (TPSA) is 4.36 Å². The van der Waals surface area contributed by atoms with E-state index in [1.165, 1.54) is 5.56 Å². The minimum atomic E-state index is 0.587. The molecule has 0 unspecified atom stereocenters. The first-order valence-electron chi connectivity index (χ1n) is 3.98. The van der Waals surface area contributed by atoms with E-state index in [1.54, 1.807) is 0 Å². The largest absolute Gasteiger partial charge is 0.317 e. The van der Waals surface area contributed by atoms with Gasteiger partial charge in [0.25, 0.3) is 0 Å². The van der Waals surface area contributed by atoms with E-state index in [4.69, 9.17) is 6.57 Å². The standard InChI is InChI=1S/C11H11N/c1-12-10-6-5-9-11-7-3-2-4-8-11/h2-5,7-9H,6,10H2/b9-5+. The van der Waals surface area contributed by atoms with Crippen molar-refractivity contribution >= 4 is 6.08 Å². The van der Waals surface area contributed by atoms with Gasteiger partial charge >= 0.3 is 0 Å². The SMILES string of the molecule is [C-]#[N+]CC/C=C/c1ccccc1. The summed E-state index contributed by atoms with van der Waals surface area (Å²) in [5, 5.41) is 0. The average Bonchev–Trinajstić information content (AvgIpc) is 2.14. The fourth-order valence-electron chi connectivity index (χ4n) is 0.923. The summed E-state index contributed by atoms with van der Waals surface area (Å²) in [7, 11) is 0. The lowest BCUT2D eigenvalue weighted by Gasteiger charge is -1.88. The summed E-state index contributed by atoms with van der Waals surface area (Å²) in [6, 6.07) is 10.1. The zero-order valence-electron chi connectivity index (χ0n) is 6.90. The molecule has 60 valence electrons. The van der Waals surface area contributed by atoms with E-state index in [-0.39, 0.29) is 0 Å². The summed E-state index contributed by atoms with van der Waals surface area (Å²) < 4.78 is 0. The molecule has 1 aromatic rings. The zero-order chi connectivity index (χ0) is 8.65. The van der Waals surface area contributed by atoms with Gasteiger partial charge in [-0.3, -0.25) is 0 Å². The molecule has 1 rings (SSSR count). The first-order chi connectivity index (χ1) is 5.93. The molecule has 0 aliphatic rings. The maximum Gasteiger partial charge on any atom is 0.218 e. The molecule has 1 aromatic carbocycles. The fourth-order valence-corrected chi connectivity index (χ4v) is 0.923. The molecular weight excluding hydrogens is 146 g/mol. The zero-order valence-corrected chi connectivity index (χ0v) is 6.90. The molecule has 0 aliphatic carbocycles. The Morgan fingerprint density at radius 3 is 2.67 bits per heavy atom. The molecule has 0 spiro atoms. The van der Waals surface area contributed by atoms with Crippen LogP contribution in [0.25, 0.3) is 10.9 Å². The molecule has 12 heavy (non-hydrogen) atoms. The van der Waals surface area contributed by atoms with Gasteiger partial charge in [0.1, 0.15) is 0 Å². The smallest absolute Gasteiger partial charge is 0.218 e. The van der Waals surface area contributed by atoms with Crippen molar-refractivity contribution in [1.82, 2.24) is 0 Å². The summed E-state index contributed by atoms with van der Waals surface area (Å²) >= 11 is 0. The molecule has 0 aromatic heterocycles. The van der Waals surface area contributed by atoms with E-state index in [0.29, 0.717) is 6.54 Å². The Morgan fingerprint density at radius 2 is 2.00 bits per heavy atom. The average molecular weight is 157 g/mol. The van der Waals surface area contributed by atoms with Gasteiger partial charge in [-0.05, 0) is 5.56 Å². The van der Waals surface area contributed by atoms with Crippen molar-refractivity contribution in [1.29, 1.82) is 0 Å². The molecule has 0 N–H and O–H groups in total. The summed E-state index contributed by atoms with van der Waals surface area (Å²) in [4.78, 5) is 3.27. The van der Waals surface area contributed by atoms with Crippen LogP contribution in [-0.2, 0) is 0 Å². The molecule has 0 saturated carbocycles. The molecule has 0 fully saturated rings. The predicted molar refractivity (Wildman–Crippen MR) is 51.6 cm³/mol. The summed E-state index contributed by atoms with van der Waals surface area (Å²) in [5.41, 5.74) is 1.20. The summed E-state index contributed by atoms with van der Waals surface area (Å²) in [5.74, 6) is 0. The lowest BCUT2D eigenvalue weighted by atomic mass is 10.2. The minimum Gasteiger partial charge on any atom is -0.317 e. The van der Waals surface area contributed by atoms with Gasteiger partial charge in [0, 0.05) is 6.42 Å². The van der Waals surface area contributed by atoms with Crippen LogP contribution in [0.2, 0.25) is 0 Å². The number of rotatable bonds is 3. The maximum atomic E-state index is 6.58. The second-order valence-electron chi connectivity index (χ2n) is 2.48. The normalized spacial score (nSPS) is 9.92. The van der Waals surface area contributed by atoms with Crippen molar-refractivity contribution in [2.45, 2.75) is 6.42 Å². The monoisotopic (exact) mass is 157 g/mol. The molecule has 0 saturated heterocycles. The van der Waals surface area contributed by atoms with Crippen molar-refractivity contribution in [2.24, 2.45) is 0 Å². The van der Waals surface area contributed by atoms with Crippen LogP contribution >= 0.6 is 0 Å². The van der Waals surface area contributed by atoms with Crippen LogP contribution in [0.15, 0.2) is 36.4 Å². The maximum absolute atomic E-state index is 6.58. The van der Waals surface area contributed by atoms with Crippen LogP contribution in [0.1, 0.15) is 12.0 Å². The van der Waals surface area contributed by atoms with Crippen LogP contribution in [-0.4, -0.2) is 6.54 Å². The van der Waals surface area contributed by atoms with Crippen molar-refractivity contribution in [3.63, 3.8) is 0 Å². The fraction of sp³-hybridized carbons (Fsp3) is 0.182. The van der Waals surface area contributed by atoms with Crippen LogP contribution in [0.4, 0.5) is 0 Å². The van der Waals surface area contributed by atoms with E-state index in [1.807, 2.05) is 42.5 Å². The second-order valence-corrected chi connectivity index (χ2v) is 2.48. The minimum absolute atomic E-state index is 0.587. The molecule has 1 nitrogen and oxygen atoms in total. The number of nitrogens with zero attached hydrogens (tertiary/aromatic N) is 1. The molecule has 0 bridgehead atoms. The van der Waals surface area contributed by atoms with Crippen molar-refractivity contribution in [3.8, 4) is 0 Å². The van der Waals surface area contributed by atoms with Gasteiger partial charge in [0.15, 0.2) is 0 Å². The van der Waals surface area contributed by atoms with Gasteiger partial charge in [-0.25, -0.2) is 6.57 Å². The first kappa shape index (κ1) is 8.55. The van der Waals surface area contributed by atoms with Crippen LogP contribution in [0.3, 0.4) is 0 Å². The Morgan fingerprint density at radius 1 is 1.25 bits per heavy atom. The van der Waals surface area contributed by atoms with Crippen LogP contribution in [0.5, 0.6) is 0 Å². The van der Waals surface area contributed by atoms with Gasteiger partial charge in [0.05, 0.1) is 0 Å². The van der Waals surface area contributed by atoms with E-state index in [9.17, 15) is 0 Å². The molecular formula is C11H11N. The molecule has 0 amide bonds. The quantitative estimate of drug-likeness (QED) is 0.469. The van der Waals surface area contributed by atoms with Crippen LogP contribution in [0, 0.1) is 6.57 Å². The van der Waals surface area contributed by atoms with E-state index < -0.39 is 0 Å². The number of hydrogen-bond acceptors (Lipinski definition) is 0. The third-order valence-electron chi connectivity index (χ3n) is 1.52. The van der Waals surface area contributed by atoms with E-state index in [0.717, 1.165) is 6.42 Å². The molecule has 0 aliphatic heterocycles. The number of hydrogen-bond donors (Lipinski definition) is 0. The van der Waals surface area contributed by atoms with Crippen molar-refractivity contribution < 1.29 is 0 Å². The van der Waals surface area contributed by atoms with Crippen molar-refractivity contribution in [3.05, 3.63) is 53.4 Å². The third kappa shape index (κ3) is 3.03. The van der Waals surface area contributed by atoms with Crippen molar-refractivity contribution in [2.75, 3.05) is 6.54 Å². The Hall–Kier alpha value is -1.55. The highest BCUT2D eigenvalue weighted by molar-refractivity contribution is 5.48. The Balaban J connectivity index is 2.43. The molecule has 1 heteroatoms. The van der Waals surface area contributed by atoms with Gasteiger partial charge in [0.2, 0.25) is 6.54 Å². The van der Waals surface area contributed by atoms with Gasteiger partial charge in [-0.1, -0.05) is 42.5 Å². The van der Waals surface area contributed by atoms with E-state index >= 15 is 0 Å². The summed E-state index contributed by atoms with van der Waals surface area (Å²) in [6.45, 7) is 7.16. The second kappa shape index (κ2) is 5.15. The van der Waals surface area contributed by atoms with Crippen LogP contribution < -0.4 is 0 Å². The summed E-state index contributed by atoms with van der Waals surface area (Å²) in [6.07, 6.45) is 4.93. The van der Waals surface area contributed by atoms with Gasteiger partial charge in [-0.2, -0.15) is 0 Å². The predicted octanol–water partition coefficient (Wildman–Crippen LogP) is 3.01. The molecule has 0 heterocycles. The van der Waals surface area contributed by atoms with E-state index in [2.05, 4.69) is 4.85 Å². The highest BCUT2D eigenvalue weighted by Gasteiger charge is 1.83. The highest BCUT2D eigenvalue weighted by atomic mass is 14.6. The first-order valence-corrected chi connectivity index (χ1v) is 3.98. The Labute approximate surface area is 73.2 Å². The Bertz CT molecular complexity index is 280. The lowest BCUT2D eigenvalue weighted by Crippen LogP contribution is -1.71. The lowest BCUT2D eigenvalue weighted by molar-refractivity contribution is 1.15. The molecule has 0 atom stereocenters. The molecule has 0 radical (unpaired) electrons.